The van der Waals surface area contributed by atoms with Gasteiger partial charge in [0.25, 0.3) is 0 Å². The minimum Gasteiger partial charge on any atom is -0.488 e. The summed E-state index contributed by atoms with van der Waals surface area (Å²) in [5.41, 5.74) is 0.704. The molecule has 0 aliphatic carbocycles. The highest BCUT2D eigenvalue weighted by Gasteiger charge is 2.01. The van der Waals surface area contributed by atoms with Gasteiger partial charge in [0.1, 0.15) is 18.2 Å². The Morgan fingerprint density at radius 2 is 2.06 bits per heavy atom. The summed E-state index contributed by atoms with van der Waals surface area (Å²) in [7, 11) is 0. The van der Waals surface area contributed by atoms with Gasteiger partial charge in [-0.3, -0.25) is 4.98 Å². The first-order valence-corrected chi connectivity index (χ1v) is 5.52. The number of pyridine rings is 1. The second-order valence-corrected chi connectivity index (χ2v) is 4.08. The highest BCUT2D eigenvalue weighted by molar-refractivity contribution is 9.10. The number of nitrogens with zero attached hydrogens (tertiary/aromatic N) is 1. The summed E-state index contributed by atoms with van der Waals surface area (Å²) in [6.07, 6.45) is 2.75. The van der Waals surface area contributed by atoms with E-state index >= 15 is 0 Å². The first kappa shape index (κ1) is 11.1. The molecular weight excluding hydrogens is 273 g/mol. The molecule has 0 aliphatic rings. The van der Waals surface area contributed by atoms with Crippen LogP contribution in [0.3, 0.4) is 0 Å². The number of halogens is 2. The van der Waals surface area contributed by atoms with Crippen molar-refractivity contribution in [3.63, 3.8) is 0 Å². The third-order valence-electron chi connectivity index (χ3n) is 1.99. The van der Waals surface area contributed by atoms with Crippen LogP contribution in [0.15, 0.2) is 47.2 Å². The van der Waals surface area contributed by atoms with Gasteiger partial charge in [-0.05, 0) is 34.1 Å². The van der Waals surface area contributed by atoms with E-state index in [1.165, 1.54) is 12.3 Å². The lowest BCUT2D eigenvalue weighted by atomic mass is 10.3. The molecule has 82 valence electrons. The Labute approximate surface area is 101 Å². The summed E-state index contributed by atoms with van der Waals surface area (Å²) in [5.74, 6) is 0.375. The van der Waals surface area contributed by atoms with Crippen molar-refractivity contribution in [2.75, 3.05) is 0 Å². The molecule has 1 heterocycles. The first-order chi connectivity index (χ1) is 7.75. The zero-order chi connectivity index (χ0) is 11.4. The lowest BCUT2D eigenvalue weighted by molar-refractivity contribution is 0.303. The zero-order valence-corrected chi connectivity index (χ0v) is 9.95. The maximum Gasteiger partial charge on any atom is 0.141 e. The maximum atomic E-state index is 12.8. The Balaban J connectivity index is 2.05. The molecular formula is C12H9BrFNO. The molecule has 2 nitrogen and oxygen atoms in total. The highest BCUT2D eigenvalue weighted by Crippen LogP contribution is 2.24. The van der Waals surface area contributed by atoms with Crippen LogP contribution in [-0.4, -0.2) is 4.98 Å². The summed E-state index contributed by atoms with van der Waals surface area (Å²) < 4.78 is 19.2. The van der Waals surface area contributed by atoms with Crippen LogP contribution in [-0.2, 0) is 6.61 Å². The van der Waals surface area contributed by atoms with E-state index in [0.717, 1.165) is 10.2 Å². The topological polar surface area (TPSA) is 22.1 Å². The van der Waals surface area contributed by atoms with E-state index in [1.807, 2.05) is 24.3 Å². The van der Waals surface area contributed by atoms with Crippen LogP contribution in [0.25, 0.3) is 0 Å². The largest absolute Gasteiger partial charge is 0.488 e. The molecule has 1 aromatic carbocycles. The van der Waals surface area contributed by atoms with Crippen LogP contribution in [0.4, 0.5) is 4.39 Å². The van der Waals surface area contributed by atoms with E-state index < -0.39 is 0 Å². The van der Waals surface area contributed by atoms with Gasteiger partial charge in [0.2, 0.25) is 0 Å². The number of hydrogen-bond donors (Lipinski definition) is 0. The smallest absolute Gasteiger partial charge is 0.141 e. The summed E-state index contributed by atoms with van der Waals surface area (Å²) in [4.78, 5) is 3.75. The second kappa shape index (κ2) is 5.07. The second-order valence-electron chi connectivity index (χ2n) is 3.23. The minimum absolute atomic E-state index is 0.299. The molecule has 0 fully saturated rings. The van der Waals surface area contributed by atoms with Crippen molar-refractivity contribution in [3.05, 3.63) is 58.6 Å². The Kier molecular flexibility index (Phi) is 3.51. The molecule has 0 aliphatic heterocycles. The Hall–Kier alpha value is -1.42. The van der Waals surface area contributed by atoms with Crippen molar-refractivity contribution >= 4 is 15.9 Å². The van der Waals surface area contributed by atoms with Gasteiger partial charge in [-0.15, -0.1) is 0 Å². The molecule has 0 unspecified atom stereocenters. The standard InChI is InChI=1S/C12H9BrFNO/c13-11-3-1-2-4-12(11)16-8-9-5-10(14)7-15-6-9/h1-7H,8H2. The molecule has 0 amide bonds. The van der Waals surface area contributed by atoms with Gasteiger partial charge in [-0.25, -0.2) is 4.39 Å². The lowest BCUT2D eigenvalue weighted by Crippen LogP contribution is -1.97. The van der Waals surface area contributed by atoms with Crippen LogP contribution in [0.1, 0.15) is 5.56 Å². The van der Waals surface area contributed by atoms with Gasteiger partial charge in [0.15, 0.2) is 0 Å². The van der Waals surface area contributed by atoms with Crippen molar-refractivity contribution in [2.24, 2.45) is 0 Å². The monoisotopic (exact) mass is 281 g/mol. The van der Waals surface area contributed by atoms with Gasteiger partial charge < -0.3 is 4.74 Å². The summed E-state index contributed by atoms with van der Waals surface area (Å²) >= 11 is 3.37. The number of para-hydroxylation sites is 1. The fraction of sp³-hybridized carbons (Fsp3) is 0.0833. The molecule has 0 saturated carbocycles. The van der Waals surface area contributed by atoms with Crippen molar-refractivity contribution in [2.45, 2.75) is 6.61 Å². The Bertz CT molecular complexity index is 490. The van der Waals surface area contributed by atoms with E-state index in [2.05, 4.69) is 20.9 Å². The number of aromatic nitrogens is 1. The van der Waals surface area contributed by atoms with Gasteiger partial charge in [0, 0.05) is 11.8 Å². The van der Waals surface area contributed by atoms with E-state index in [0.29, 0.717) is 12.2 Å². The van der Waals surface area contributed by atoms with Crippen LogP contribution in [0.2, 0.25) is 0 Å². The normalized spacial score (nSPS) is 10.1. The van der Waals surface area contributed by atoms with Crippen LogP contribution in [0.5, 0.6) is 5.75 Å². The van der Waals surface area contributed by atoms with Crippen molar-refractivity contribution < 1.29 is 9.13 Å². The quantitative estimate of drug-likeness (QED) is 0.858. The molecule has 0 radical (unpaired) electrons. The maximum absolute atomic E-state index is 12.8. The SMILES string of the molecule is Fc1cncc(COc2ccccc2Br)c1. The highest BCUT2D eigenvalue weighted by atomic mass is 79.9. The summed E-state index contributed by atoms with van der Waals surface area (Å²) in [6.45, 7) is 0.299. The molecule has 1 aromatic heterocycles. The predicted molar refractivity (Wildman–Crippen MR) is 62.7 cm³/mol. The zero-order valence-electron chi connectivity index (χ0n) is 8.36. The van der Waals surface area contributed by atoms with Crippen molar-refractivity contribution in [1.82, 2.24) is 4.98 Å². The molecule has 2 aromatic rings. The first-order valence-electron chi connectivity index (χ1n) is 4.72. The summed E-state index contributed by atoms with van der Waals surface area (Å²) in [6, 6.07) is 8.92. The van der Waals surface area contributed by atoms with Crippen molar-refractivity contribution in [1.29, 1.82) is 0 Å². The number of ether oxygens (including phenoxy) is 1. The molecule has 0 atom stereocenters. The molecule has 0 spiro atoms. The average Bonchev–Trinajstić information content (AvgIpc) is 2.28. The molecule has 4 heteroatoms. The third kappa shape index (κ3) is 2.79. The third-order valence-corrected chi connectivity index (χ3v) is 2.65. The van der Waals surface area contributed by atoms with E-state index in [1.54, 1.807) is 6.20 Å². The fourth-order valence-electron chi connectivity index (χ4n) is 1.26. The number of benzene rings is 1. The minimum atomic E-state index is -0.353. The van der Waals surface area contributed by atoms with Crippen LogP contribution in [0, 0.1) is 5.82 Å². The molecule has 2 rings (SSSR count). The fourth-order valence-corrected chi connectivity index (χ4v) is 1.66. The van der Waals surface area contributed by atoms with E-state index in [-0.39, 0.29) is 5.82 Å². The van der Waals surface area contributed by atoms with Gasteiger partial charge in [-0.1, -0.05) is 12.1 Å². The number of rotatable bonds is 3. The molecule has 0 N–H and O–H groups in total. The van der Waals surface area contributed by atoms with Gasteiger partial charge in [-0.2, -0.15) is 0 Å². The van der Waals surface area contributed by atoms with E-state index in [9.17, 15) is 4.39 Å². The predicted octanol–water partition coefficient (Wildman–Crippen LogP) is 3.56. The molecule has 0 bridgehead atoms. The van der Waals surface area contributed by atoms with E-state index in [4.69, 9.17) is 4.74 Å². The molecule has 0 saturated heterocycles. The Morgan fingerprint density at radius 1 is 1.25 bits per heavy atom. The number of hydrogen-bond acceptors (Lipinski definition) is 2. The van der Waals surface area contributed by atoms with Crippen LogP contribution >= 0.6 is 15.9 Å². The van der Waals surface area contributed by atoms with Crippen LogP contribution < -0.4 is 4.74 Å². The van der Waals surface area contributed by atoms with Crippen molar-refractivity contribution in [3.8, 4) is 5.75 Å². The average molecular weight is 282 g/mol. The molecule has 16 heavy (non-hydrogen) atoms. The Morgan fingerprint density at radius 3 is 2.81 bits per heavy atom. The van der Waals surface area contributed by atoms with Gasteiger partial charge in [0.05, 0.1) is 10.7 Å². The summed E-state index contributed by atoms with van der Waals surface area (Å²) in [5, 5.41) is 0. The lowest BCUT2D eigenvalue weighted by Gasteiger charge is -2.07. The van der Waals surface area contributed by atoms with Gasteiger partial charge >= 0.3 is 0 Å².